The lowest BCUT2D eigenvalue weighted by molar-refractivity contribution is 0.284. The predicted molar refractivity (Wildman–Crippen MR) is 109 cm³/mol. The largest absolute Gasteiger partial charge is 0.493 e. The number of ether oxygens (including phenoxy) is 2. The summed E-state index contributed by atoms with van der Waals surface area (Å²) in [5, 5.41) is 15.7. The second kappa shape index (κ2) is 9.43. The van der Waals surface area contributed by atoms with E-state index in [4.69, 9.17) is 32.7 Å². The number of benzene rings is 2. The van der Waals surface area contributed by atoms with E-state index in [2.05, 4.69) is 27.4 Å². The van der Waals surface area contributed by atoms with E-state index < -0.39 is 0 Å². The number of aromatic nitrogens is 4. The summed E-state index contributed by atoms with van der Waals surface area (Å²) in [6.07, 6.45) is 1.72. The lowest BCUT2D eigenvalue weighted by Gasteiger charge is -2.15. The van der Waals surface area contributed by atoms with Crippen LogP contribution in [0.5, 0.6) is 11.5 Å². The fourth-order valence-electron chi connectivity index (χ4n) is 2.56. The fraction of sp³-hybridized carbons (Fsp3) is 0.211. The third-order valence-corrected chi connectivity index (χ3v) is 4.36. The number of halogens is 2. The van der Waals surface area contributed by atoms with Gasteiger partial charge in [0.05, 0.1) is 18.7 Å². The van der Waals surface area contributed by atoms with Gasteiger partial charge in [0.25, 0.3) is 0 Å². The minimum absolute atomic E-state index is 0.324. The molecule has 0 saturated carbocycles. The van der Waals surface area contributed by atoms with Crippen molar-refractivity contribution in [3.63, 3.8) is 0 Å². The lowest BCUT2D eigenvalue weighted by atomic mass is 10.2. The van der Waals surface area contributed by atoms with Gasteiger partial charge in [0.2, 0.25) is 5.95 Å². The van der Waals surface area contributed by atoms with Crippen LogP contribution in [-0.4, -0.2) is 27.3 Å². The van der Waals surface area contributed by atoms with Gasteiger partial charge in [-0.2, -0.15) is 0 Å². The Balaban J connectivity index is 1.71. The normalized spacial score (nSPS) is 10.5. The smallest absolute Gasteiger partial charge is 0.243 e. The number of nitrogens with one attached hydrogen (secondary N) is 1. The SMILES string of the molecule is C=CCn1nnnc1NCc1cc(Cl)c(OCc2cccc(Cl)c2)c(OC)c1. The van der Waals surface area contributed by atoms with Crippen molar-refractivity contribution in [2.45, 2.75) is 19.7 Å². The highest BCUT2D eigenvalue weighted by atomic mass is 35.5. The molecule has 0 amide bonds. The van der Waals surface area contributed by atoms with Crippen LogP contribution in [0.15, 0.2) is 49.1 Å². The molecule has 0 unspecified atom stereocenters. The van der Waals surface area contributed by atoms with E-state index in [0.29, 0.717) is 47.2 Å². The molecule has 0 spiro atoms. The number of nitrogens with zero attached hydrogens (tertiary/aromatic N) is 4. The van der Waals surface area contributed by atoms with Crippen LogP contribution in [0.1, 0.15) is 11.1 Å². The Hall–Kier alpha value is -2.77. The lowest BCUT2D eigenvalue weighted by Crippen LogP contribution is -2.08. The topological polar surface area (TPSA) is 74.1 Å². The van der Waals surface area contributed by atoms with Gasteiger partial charge < -0.3 is 14.8 Å². The summed E-state index contributed by atoms with van der Waals surface area (Å²) in [6.45, 7) is 4.98. The zero-order valence-corrected chi connectivity index (χ0v) is 16.7. The van der Waals surface area contributed by atoms with Crippen molar-refractivity contribution in [2.24, 2.45) is 0 Å². The average Bonchev–Trinajstić information content (AvgIpc) is 3.12. The van der Waals surface area contributed by atoms with Crippen molar-refractivity contribution in [3.05, 3.63) is 70.2 Å². The summed E-state index contributed by atoms with van der Waals surface area (Å²) >= 11 is 12.4. The van der Waals surface area contributed by atoms with Crippen LogP contribution < -0.4 is 14.8 Å². The molecule has 28 heavy (non-hydrogen) atoms. The zero-order chi connectivity index (χ0) is 19.9. The van der Waals surface area contributed by atoms with Crippen molar-refractivity contribution < 1.29 is 9.47 Å². The highest BCUT2D eigenvalue weighted by molar-refractivity contribution is 6.32. The maximum atomic E-state index is 6.43. The second-order valence-electron chi connectivity index (χ2n) is 5.85. The van der Waals surface area contributed by atoms with Gasteiger partial charge in [0, 0.05) is 11.6 Å². The van der Waals surface area contributed by atoms with Gasteiger partial charge in [-0.3, -0.25) is 0 Å². The summed E-state index contributed by atoms with van der Waals surface area (Å²) in [5.74, 6) is 1.55. The van der Waals surface area contributed by atoms with E-state index in [0.717, 1.165) is 11.1 Å². The van der Waals surface area contributed by atoms with Crippen molar-refractivity contribution >= 4 is 29.2 Å². The molecule has 3 rings (SSSR count). The third-order valence-electron chi connectivity index (χ3n) is 3.85. The number of rotatable bonds is 9. The Labute approximate surface area is 172 Å². The van der Waals surface area contributed by atoms with Crippen LogP contribution in [0.4, 0.5) is 5.95 Å². The molecule has 1 aromatic heterocycles. The first-order chi connectivity index (χ1) is 13.6. The quantitative estimate of drug-likeness (QED) is 0.519. The number of methoxy groups -OCH3 is 1. The van der Waals surface area contributed by atoms with E-state index >= 15 is 0 Å². The first-order valence-electron chi connectivity index (χ1n) is 8.45. The standard InChI is InChI=1S/C19H19Cl2N5O2/c1-3-7-26-19(23-24-25-26)22-11-14-9-16(21)18(17(10-14)27-2)28-12-13-5-4-6-15(20)8-13/h3-6,8-10H,1,7,11-12H2,2H3,(H,22,23,25). The molecule has 0 aliphatic rings. The van der Waals surface area contributed by atoms with Crippen LogP contribution in [-0.2, 0) is 19.7 Å². The van der Waals surface area contributed by atoms with Crippen LogP contribution in [0, 0.1) is 0 Å². The maximum absolute atomic E-state index is 6.43. The van der Waals surface area contributed by atoms with Crippen molar-refractivity contribution in [3.8, 4) is 11.5 Å². The van der Waals surface area contributed by atoms with Crippen molar-refractivity contribution in [1.29, 1.82) is 0 Å². The summed E-state index contributed by atoms with van der Waals surface area (Å²) in [5.41, 5.74) is 1.83. The van der Waals surface area contributed by atoms with Gasteiger partial charge in [-0.25, -0.2) is 4.68 Å². The van der Waals surface area contributed by atoms with Crippen LogP contribution >= 0.6 is 23.2 Å². The molecule has 0 fully saturated rings. The molecular formula is C19H19Cl2N5O2. The Morgan fingerprint density at radius 2 is 2.07 bits per heavy atom. The first-order valence-corrected chi connectivity index (χ1v) is 9.21. The monoisotopic (exact) mass is 419 g/mol. The first kappa shape index (κ1) is 20.0. The van der Waals surface area contributed by atoms with E-state index in [1.165, 1.54) is 0 Å². The summed E-state index contributed by atoms with van der Waals surface area (Å²) < 4.78 is 12.9. The van der Waals surface area contributed by atoms with Gasteiger partial charge in [0.1, 0.15) is 6.61 Å². The molecule has 7 nitrogen and oxygen atoms in total. The molecule has 1 N–H and O–H groups in total. The molecule has 0 bridgehead atoms. The molecular weight excluding hydrogens is 401 g/mol. The van der Waals surface area contributed by atoms with E-state index in [-0.39, 0.29) is 0 Å². The molecule has 0 aliphatic carbocycles. The van der Waals surface area contributed by atoms with Crippen molar-refractivity contribution in [2.75, 3.05) is 12.4 Å². The third kappa shape index (κ3) is 4.94. The van der Waals surface area contributed by atoms with Gasteiger partial charge in [-0.1, -0.05) is 46.5 Å². The molecule has 146 valence electrons. The van der Waals surface area contributed by atoms with Gasteiger partial charge in [-0.05, 0) is 45.8 Å². The zero-order valence-electron chi connectivity index (χ0n) is 15.2. The summed E-state index contributed by atoms with van der Waals surface area (Å²) in [7, 11) is 1.57. The highest BCUT2D eigenvalue weighted by Gasteiger charge is 2.13. The van der Waals surface area contributed by atoms with Crippen molar-refractivity contribution in [1.82, 2.24) is 20.2 Å². The Morgan fingerprint density at radius 1 is 1.21 bits per heavy atom. The highest BCUT2D eigenvalue weighted by Crippen LogP contribution is 2.37. The van der Waals surface area contributed by atoms with Crippen LogP contribution in [0.3, 0.4) is 0 Å². The second-order valence-corrected chi connectivity index (χ2v) is 6.70. The van der Waals surface area contributed by atoms with Crippen LogP contribution in [0.25, 0.3) is 0 Å². The molecule has 1 heterocycles. The Kier molecular flexibility index (Phi) is 6.73. The number of hydrogen-bond donors (Lipinski definition) is 1. The number of anilines is 1. The van der Waals surface area contributed by atoms with E-state index in [1.807, 2.05) is 36.4 Å². The van der Waals surface area contributed by atoms with E-state index in [1.54, 1.807) is 17.9 Å². The fourth-order valence-corrected chi connectivity index (χ4v) is 3.06. The molecule has 0 aliphatic heterocycles. The number of tetrazole rings is 1. The average molecular weight is 420 g/mol. The molecule has 3 aromatic rings. The molecule has 0 radical (unpaired) electrons. The Bertz CT molecular complexity index is 961. The minimum Gasteiger partial charge on any atom is -0.493 e. The van der Waals surface area contributed by atoms with Gasteiger partial charge in [0.15, 0.2) is 11.5 Å². The molecule has 9 heteroatoms. The summed E-state index contributed by atoms with van der Waals surface area (Å²) in [4.78, 5) is 0. The number of allylic oxidation sites excluding steroid dienone is 1. The number of hydrogen-bond acceptors (Lipinski definition) is 6. The molecule has 2 aromatic carbocycles. The van der Waals surface area contributed by atoms with Gasteiger partial charge in [-0.15, -0.1) is 6.58 Å². The molecule has 0 atom stereocenters. The Morgan fingerprint density at radius 3 is 2.82 bits per heavy atom. The maximum Gasteiger partial charge on any atom is 0.243 e. The van der Waals surface area contributed by atoms with Gasteiger partial charge >= 0.3 is 0 Å². The molecule has 0 saturated heterocycles. The predicted octanol–water partition coefficient (Wildman–Crippen LogP) is 4.37. The minimum atomic E-state index is 0.324. The van der Waals surface area contributed by atoms with E-state index in [9.17, 15) is 0 Å². The summed E-state index contributed by atoms with van der Waals surface area (Å²) in [6, 6.07) is 11.1. The van der Waals surface area contributed by atoms with Crippen LogP contribution in [0.2, 0.25) is 10.0 Å².